The molecule has 2 aliphatic carbocycles. The van der Waals surface area contributed by atoms with Crippen LogP contribution in [0.1, 0.15) is 58.9 Å². The van der Waals surface area contributed by atoms with Gasteiger partial charge in [-0.2, -0.15) is 4.31 Å². The molecule has 1 N–H and O–H groups in total. The Morgan fingerprint density at radius 1 is 0.931 bits per heavy atom. The summed E-state index contributed by atoms with van der Waals surface area (Å²) in [5.74, 6) is -0.185. The minimum absolute atomic E-state index is 0.00896. The van der Waals surface area contributed by atoms with Gasteiger partial charge in [0.05, 0.1) is 4.90 Å². The van der Waals surface area contributed by atoms with Crippen LogP contribution in [0.25, 0.3) is 0 Å². The Hall–Kier alpha value is -2.51. The van der Waals surface area contributed by atoms with Gasteiger partial charge in [-0.05, 0) is 62.4 Å². The van der Waals surface area contributed by atoms with Crippen LogP contribution >= 0.6 is 0 Å². The largest absolute Gasteiger partial charge is 0.349 e. The Kier molecular flexibility index (Phi) is 5.27. The summed E-state index contributed by atoms with van der Waals surface area (Å²) in [6, 6.07) is 13.5. The highest BCUT2D eigenvalue weighted by Crippen LogP contribution is 2.33. The molecule has 0 aromatic heterocycles. The monoisotopic (exact) mass is 412 g/mol. The van der Waals surface area contributed by atoms with E-state index in [1.54, 1.807) is 24.3 Å². The van der Waals surface area contributed by atoms with Crippen molar-refractivity contribution in [3.63, 3.8) is 0 Å². The lowest BCUT2D eigenvalue weighted by Crippen LogP contribution is -2.32. The van der Waals surface area contributed by atoms with Gasteiger partial charge in [-0.25, -0.2) is 8.42 Å². The molecule has 0 atom stereocenters. The number of ketones is 1. The predicted octanol–water partition coefficient (Wildman–Crippen LogP) is 3.13. The second kappa shape index (κ2) is 7.72. The molecule has 0 heterocycles. The van der Waals surface area contributed by atoms with Crippen molar-refractivity contribution in [2.45, 2.75) is 56.1 Å². The van der Waals surface area contributed by atoms with Crippen molar-refractivity contribution in [1.82, 2.24) is 9.62 Å². The van der Waals surface area contributed by atoms with Crippen LogP contribution in [0, 0.1) is 0 Å². The average Bonchev–Trinajstić information content (AvgIpc) is 3.61. The highest BCUT2D eigenvalue weighted by Gasteiger charge is 2.38. The summed E-state index contributed by atoms with van der Waals surface area (Å²) >= 11 is 0. The lowest BCUT2D eigenvalue weighted by atomic mass is 10.1. The molecule has 0 bridgehead atoms. The van der Waals surface area contributed by atoms with Crippen molar-refractivity contribution < 1.29 is 18.0 Å². The third-order valence-corrected chi connectivity index (χ3v) is 7.20. The Balaban J connectivity index is 1.51. The van der Waals surface area contributed by atoms with E-state index in [2.05, 4.69) is 5.32 Å². The third-order valence-electron chi connectivity index (χ3n) is 5.29. The number of nitrogens with one attached hydrogen (secondary N) is 1. The number of amides is 1. The van der Waals surface area contributed by atoms with Gasteiger partial charge in [0, 0.05) is 29.8 Å². The lowest BCUT2D eigenvalue weighted by molar-refractivity contribution is 0.0950. The first-order chi connectivity index (χ1) is 13.8. The second-order valence-electron chi connectivity index (χ2n) is 7.81. The fraction of sp³-hybridized carbons (Fsp3) is 0.364. The SMILES string of the molecule is CC(=O)c1ccc(S(=O)(=O)N(Cc2ccc(C(=O)NC3CC3)cc2)C2CC2)cc1. The standard InChI is InChI=1S/C22H24N2O4S/c1-15(25)17-6-12-21(13-7-17)29(27,28)24(20-10-11-20)14-16-2-4-18(5-3-16)22(26)23-19-8-9-19/h2-7,12-13,19-20H,8-11,14H2,1H3,(H,23,26). The molecular weight excluding hydrogens is 388 g/mol. The zero-order chi connectivity index (χ0) is 20.6. The molecule has 2 aliphatic rings. The van der Waals surface area contributed by atoms with Crippen molar-refractivity contribution in [2.75, 3.05) is 0 Å². The van der Waals surface area contributed by atoms with E-state index >= 15 is 0 Å². The van der Waals surface area contributed by atoms with E-state index in [-0.39, 0.29) is 29.2 Å². The maximum atomic E-state index is 13.2. The first-order valence-corrected chi connectivity index (χ1v) is 11.3. The summed E-state index contributed by atoms with van der Waals surface area (Å²) in [5, 5.41) is 2.95. The van der Waals surface area contributed by atoms with E-state index in [4.69, 9.17) is 0 Å². The van der Waals surface area contributed by atoms with Crippen LogP contribution in [0.2, 0.25) is 0 Å². The molecule has 4 rings (SSSR count). The quantitative estimate of drug-likeness (QED) is 0.675. The molecule has 2 aromatic carbocycles. The highest BCUT2D eigenvalue weighted by molar-refractivity contribution is 7.89. The minimum Gasteiger partial charge on any atom is -0.349 e. The molecule has 2 aromatic rings. The van der Waals surface area contributed by atoms with Crippen LogP contribution in [0.15, 0.2) is 53.4 Å². The molecular formula is C22H24N2O4S. The zero-order valence-electron chi connectivity index (χ0n) is 16.3. The summed E-state index contributed by atoms with van der Waals surface area (Å²) in [7, 11) is -3.67. The normalized spacial score (nSPS) is 16.6. The number of benzene rings is 2. The zero-order valence-corrected chi connectivity index (χ0v) is 17.1. The van der Waals surface area contributed by atoms with Crippen LogP contribution in [-0.2, 0) is 16.6 Å². The van der Waals surface area contributed by atoms with Gasteiger partial charge in [0.25, 0.3) is 5.91 Å². The molecule has 2 saturated carbocycles. The van der Waals surface area contributed by atoms with E-state index < -0.39 is 10.0 Å². The number of nitrogens with zero attached hydrogens (tertiary/aromatic N) is 1. The summed E-state index contributed by atoms with van der Waals surface area (Å²) in [6.45, 7) is 1.71. The summed E-state index contributed by atoms with van der Waals surface area (Å²) in [5.41, 5.74) is 1.91. The van der Waals surface area contributed by atoms with E-state index in [9.17, 15) is 18.0 Å². The van der Waals surface area contributed by atoms with Crippen LogP contribution in [0.3, 0.4) is 0 Å². The van der Waals surface area contributed by atoms with Crippen molar-refractivity contribution in [3.8, 4) is 0 Å². The number of carbonyl (C=O) groups is 2. The number of rotatable bonds is 8. The highest BCUT2D eigenvalue weighted by atomic mass is 32.2. The summed E-state index contributed by atoms with van der Waals surface area (Å²) in [6.07, 6.45) is 3.75. The van der Waals surface area contributed by atoms with Crippen LogP contribution in [0.4, 0.5) is 0 Å². The Morgan fingerprint density at radius 2 is 1.52 bits per heavy atom. The summed E-state index contributed by atoms with van der Waals surface area (Å²) in [4.78, 5) is 23.8. The maximum Gasteiger partial charge on any atom is 0.251 e. The topological polar surface area (TPSA) is 83.6 Å². The van der Waals surface area contributed by atoms with E-state index in [1.807, 2.05) is 12.1 Å². The van der Waals surface area contributed by atoms with Gasteiger partial charge in [-0.15, -0.1) is 0 Å². The molecule has 0 radical (unpaired) electrons. The molecule has 0 saturated heterocycles. The van der Waals surface area contributed by atoms with E-state index in [0.717, 1.165) is 31.2 Å². The first-order valence-electron chi connectivity index (χ1n) is 9.87. The van der Waals surface area contributed by atoms with Crippen LogP contribution in [0.5, 0.6) is 0 Å². The molecule has 0 spiro atoms. The van der Waals surface area contributed by atoms with Crippen molar-refractivity contribution in [3.05, 3.63) is 65.2 Å². The first kappa shape index (κ1) is 19.8. The molecule has 7 heteroatoms. The number of hydrogen-bond donors (Lipinski definition) is 1. The minimum atomic E-state index is -3.67. The Bertz CT molecular complexity index is 1020. The lowest BCUT2D eigenvalue weighted by Gasteiger charge is -2.22. The fourth-order valence-corrected chi connectivity index (χ4v) is 4.88. The van der Waals surface area contributed by atoms with Gasteiger partial charge in [-0.3, -0.25) is 9.59 Å². The van der Waals surface area contributed by atoms with Gasteiger partial charge < -0.3 is 5.32 Å². The molecule has 1 amide bonds. The maximum absolute atomic E-state index is 13.2. The number of sulfonamides is 1. The van der Waals surface area contributed by atoms with Crippen LogP contribution < -0.4 is 5.32 Å². The third kappa shape index (κ3) is 4.57. The number of carbonyl (C=O) groups excluding carboxylic acids is 2. The average molecular weight is 413 g/mol. The van der Waals surface area contributed by atoms with E-state index in [1.165, 1.54) is 23.4 Å². The molecule has 152 valence electrons. The van der Waals surface area contributed by atoms with Crippen LogP contribution in [-0.4, -0.2) is 36.5 Å². The Morgan fingerprint density at radius 3 is 2.03 bits per heavy atom. The molecule has 6 nitrogen and oxygen atoms in total. The predicted molar refractivity (Wildman–Crippen MR) is 109 cm³/mol. The molecule has 0 unspecified atom stereocenters. The molecule has 0 aliphatic heterocycles. The fourth-order valence-electron chi connectivity index (χ4n) is 3.21. The van der Waals surface area contributed by atoms with Crippen molar-refractivity contribution in [2.24, 2.45) is 0 Å². The number of Topliss-reactive ketones (excluding diaryl/α,β-unsaturated/α-hetero) is 1. The van der Waals surface area contributed by atoms with E-state index in [0.29, 0.717) is 17.2 Å². The molecule has 29 heavy (non-hydrogen) atoms. The summed E-state index contributed by atoms with van der Waals surface area (Å²) < 4.78 is 27.9. The molecule has 2 fully saturated rings. The van der Waals surface area contributed by atoms with Gasteiger partial charge in [0.15, 0.2) is 5.78 Å². The number of hydrogen-bond acceptors (Lipinski definition) is 4. The van der Waals surface area contributed by atoms with Gasteiger partial charge in [0.2, 0.25) is 10.0 Å². The van der Waals surface area contributed by atoms with Gasteiger partial charge >= 0.3 is 0 Å². The Labute approximate surface area is 171 Å². The van der Waals surface area contributed by atoms with Crippen molar-refractivity contribution >= 4 is 21.7 Å². The second-order valence-corrected chi connectivity index (χ2v) is 9.70. The van der Waals surface area contributed by atoms with Crippen molar-refractivity contribution in [1.29, 1.82) is 0 Å². The van der Waals surface area contributed by atoms with Gasteiger partial charge in [0.1, 0.15) is 0 Å². The van der Waals surface area contributed by atoms with Gasteiger partial charge in [-0.1, -0.05) is 24.3 Å². The smallest absolute Gasteiger partial charge is 0.251 e.